The molecule has 0 aromatic heterocycles. The topological polar surface area (TPSA) is 142 Å². The van der Waals surface area contributed by atoms with E-state index in [1.807, 2.05) is 25.1 Å². The summed E-state index contributed by atoms with van der Waals surface area (Å²) in [6.07, 6.45) is 1.58. The minimum absolute atomic E-state index is 0.0498. The van der Waals surface area contributed by atoms with Crippen molar-refractivity contribution < 1.29 is 47.9 Å². The van der Waals surface area contributed by atoms with Crippen molar-refractivity contribution in [2.24, 2.45) is 5.92 Å². The number of hydrogen-bond donors (Lipinski definition) is 2. The summed E-state index contributed by atoms with van der Waals surface area (Å²) in [5, 5.41) is 12.2. The van der Waals surface area contributed by atoms with Crippen molar-refractivity contribution in [1.82, 2.24) is 0 Å². The average molecular weight is 693 g/mol. The van der Waals surface area contributed by atoms with Crippen LogP contribution in [-0.4, -0.2) is 75.6 Å². The van der Waals surface area contributed by atoms with Crippen LogP contribution in [0.1, 0.15) is 51.1 Å². The number of rotatable bonds is 14. The van der Waals surface area contributed by atoms with Crippen molar-refractivity contribution >= 4 is 40.7 Å². The highest BCUT2D eigenvalue weighted by atomic mass is 35.5. The van der Waals surface area contributed by atoms with Gasteiger partial charge in [-0.25, -0.2) is 4.90 Å². The van der Waals surface area contributed by atoms with Gasteiger partial charge in [-0.2, -0.15) is 0 Å². The summed E-state index contributed by atoms with van der Waals surface area (Å²) in [4.78, 5) is 41.1. The van der Waals surface area contributed by atoms with Crippen LogP contribution >= 0.6 is 11.6 Å². The van der Waals surface area contributed by atoms with Crippen LogP contribution in [0.25, 0.3) is 0 Å². The smallest absolute Gasteiger partial charge is 0.290 e. The molecule has 3 heterocycles. The van der Waals surface area contributed by atoms with Crippen LogP contribution in [0.2, 0.25) is 5.02 Å². The Bertz CT molecular complexity index is 1760. The van der Waals surface area contributed by atoms with Crippen LogP contribution < -0.4 is 19.7 Å². The fourth-order valence-corrected chi connectivity index (χ4v) is 6.33. The second-order valence-corrected chi connectivity index (χ2v) is 12.0. The van der Waals surface area contributed by atoms with E-state index in [1.54, 1.807) is 43.3 Å². The molecule has 0 spiro atoms. The van der Waals surface area contributed by atoms with E-state index in [9.17, 15) is 14.4 Å². The zero-order valence-electron chi connectivity index (χ0n) is 27.1. The normalized spacial score (nSPS) is 19.5. The molecule has 3 aliphatic heterocycles. The Balaban J connectivity index is 1.21. The highest BCUT2D eigenvalue weighted by Gasteiger charge is 2.40. The highest BCUT2D eigenvalue weighted by molar-refractivity contribution is 6.37. The molecule has 0 unspecified atom stereocenters. The van der Waals surface area contributed by atoms with Gasteiger partial charge in [0.2, 0.25) is 13.1 Å². The molecule has 0 radical (unpaired) electrons. The Morgan fingerprint density at radius 2 is 1.73 bits per heavy atom. The summed E-state index contributed by atoms with van der Waals surface area (Å²) >= 11 is 6.07. The Morgan fingerprint density at radius 3 is 2.51 bits per heavy atom. The predicted molar refractivity (Wildman–Crippen MR) is 179 cm³/mol. The Labute approximate surface area is 288 Å². The summed E-state index contributed by atoms with van der Waals surface area (Å²) in [5.41, 5.74) is 2.86. The highest BCUT2D eigenvalue weighted by Crippen LogP contribution is 2.43. The van der Waals surface area contributed by atoms with Gasteiger partial charge in [0.05, 0.1) is 43.2 Å². The van der Waals surface area contributed by atoms with Crippen LogP contribution in [0.3, 0.4) is 0 Å². The van der Waals surface area contributed by atoms with E-state index in [-0.39, 0.29) is 48.7 Å². The van der Waals surface area contributed by atoms with Gasteiger partial charge in [0.25, 0.3) is 17.7 Å². The summed E-state index contributed by atoms with van der Waals surface area (Å²) in [6, 6.07) is 15.2. The van der Waals surface area contributed by atoms with E-state index in [2.05, 4.69) is 5.32 Å². The molecular weight excluding hydrogens is 656 g/mol. The van der Waals surface area contributed by atoms with E-state index >= 15 is 0 Å². The minimum atomic E-state index is -0.758. The molecule has 3 aromatic carbocycles. The summed E-state index contributed by atoms with van der Waals surface area (Å²) in [7, 11) is 0. The number of benzene rings is 3. The number of aliphatic hydroxyl groups is 1. The Kier molecular flexibility index (Phi) is 10.8. The number of aliphatic hydroxyl groups excluding tert-OH is 1. The largest absolute Gasteiger partial charge is 0.459 e. The fraction of sp³-hybridized carbons (Fsp3) is 0.361. The maximum Gasteiger partial charge on any atom is 0.290 e. The number of aryl methyl sites for hydroxylation is 1. The van der Waals surface area contributed by atoms with Crippen LogP contribution in [-0.2, 0) is 23.7 Å². The second kappa shape index (κ2) is 15.4. The Morgan fingerprint density at radius 1 is 0.959 bits per heavy atom. The van der Waals surface area contributed by atoms with Gasteiger partial charge in [-0.05, 0) is 86.0 Å². The number of carbonyl (C=O) groups is 3. The SMILES string of the molecule is CCO[C@H]1OC(C(=O)Nc2ccc(N3C(=O)c4ccc(Cl)cc4C3=O)c(C)c2)=C[C@@H](c2ccc3c(c2)OCO3)[C@@H]1CCOCCOCCO. The molecule has 49 heavy (non-hydrogen) atoms. The molecule has 0 saturated carbocycles. The van der Waals surface area contributed by atoms with E-state index < -0.39 is 24.0 Å². The van der Waals surface area contributed by atoms with Crippen molar-refractivity contribution in [1.29, 1.82) is 0 Å². The third-order valence-electron chi connectivity index (χ3n) is 8.47. The first-order chi connectivity index (χ1) is 23.8. The van der Waals surface area contributed by atoms with Crippen molar-refractivity contribution in [2.45, 2.75) is 32.5 Å². The molecule has 6 rings (SSSR count). The average Bonchev–Trinajstić information content (AvgIpc) is 3.66. The number of anilines is 2. The lowest BCUT2D eigenvalue weighted by atomic mass is 9.81. The van der Waals surface area contributed by atoms with E-state index in [0.717, 1.165) is 10.5 Å². The third kappa shape index (κ3) is 7.43. The molecule has 3 atom stereocenters. The predicted octanol–water partition coefficient (Wildman–Crippen LogP) is 5.21. The van der Waals surface area contributed by atoms with Gasteiger partial charge in [-0.3, -0.25) is 14.4 Å². The number of hydrogen-bond acceptors (Lipinski definition) is 10. The molecule has 0 aliphatic carbocycles. The van der Waals surface area contributed by atoms with Gasteiger partial charge in [0, 0.05) is 35.8 Å². The number of nitrogens with zero attached hydrogens (tertiary/aromatic N) is 1. The monoisotopic (exact) mass is 692 g/mol. The molecule has 2 N–H and O–H groups in total. The summed E-state index contributed by atoms with van der Waals surface area (Å²) < 4.78 is 34.5. The zero-order valence-corrected chi connectivity index (χ0v) is 27.9. The lowest BCUT2D eigenvalue weighted by Gasteiger charge is -2.37. The number of ether oxygens (including phenoxy) is 6. The van der Waals surface area contributed by atoms with Crippen LogP contribution in [0.4, 0.5) is 11.4 Å². The maximum atomic E-state index is 13.7. The number of halogens is 1. The maximum absolute atomic E-state index is 13.7. The van der Waals surface area contributed by atoms with Crippen molar-refractivity contribution in [3.05, 3.63) is 93.7 Å². The number of nitrogens with one attached hydrogen (secondary N) is 1. The van der Waals surface area contributed by atoms with E-state index in [0.29, 0.717) is 66.3 Å². The molecule has 3 amide bonds. The van der Waals surface area contributed by atoms with Gasteiger partial charge in [0.1, 0.15) is 0 Å². The molecule has 0 saturated heterocycles. The molecule has 13 heteroatoms. The van der Waals surface area contributed by atoms with Crippen molar-refractivity contribution in [2.75, 3.05) is 56.7 Å². The molecule has 258 valence electrons. The first-order valence-corrected chi connectivity index (χ1v) is 16.4. The van der Waals surface area contributed by atoms with Crippen LogP contribution in [0.5, 0.6) is 11.5 Å². The lowest BCUT2D eigenvalue weighted by Crippen LogP contribution is -2.38. The molecule has 12 nitrogen and oxygen atoms in total. The van der Waals surface area contributed by atoms with E-state index in [4.69, 9.17) is 45.1 Å². The number of amides is 3. The van der Waals surface area contributed by atoms with Gasteiger partial charge in [0.15, 0.2) is 17.3 Å². The first-order valence-electron chi connectivity index (χ1n) is 16.0. The number of fused-ring (bicyclic) bond motifs is 2. The van der Waals surface area contributed by atoms with Gasteiger partial charge >= 0.3 is 0 Å². The molecule has 0 bridgehead atoms. The van der Waals surface area contributed by atoms with Gasteiger partial charge in [-0.1, -0.05) is 17.7 Å². The van der Waals surface area contributed by atoms with Gasteiger partial charge in [-0.15, -0.1) is 0 Å². The van der Waals surface area contributed by atoms with Gasteiger partial charge < -0.3 is 38.8 Å². The fourth-order valence-electron chi connectivity index (χ4n) is 6.15. The molecule has 3 aromatic rings. The molecular formula is C36H37ClN2O10. The summed E-state index contributed by atoms with van der Waals surface area (Å²) in [6.45, 7) is 5.41. The number of imide groups is 1. The quantitative estimate of drug-likeness (QED) is 0.171. The van der Waals surface area contributed by atoms with Crippen molar-refractivity contribution in [3.63, 3.8) is 0 Å². The van der Waals surface area contributed by atoms with Crippen molar-refractivity contribution in [3.8, 4) is 11.5 Å². The number of carbonyl (C=O) groups excluding carboxylic acids is 3. The molecule has 0 fully saturated rings. The minimum Gasteiger partial charge on any atom is -0.459 e. The zero-order chi connectivity index (χ0) is 34.5. The standard InChI is InChI=1S/C36H37ClN2O10/c1-3-46-36-26(10-12-44-14-15-45-13-11-40)27(22-4-9-30-31(17-22)48-20-47-30)19-32(49-36)33(41)38-24-6-8-29(21(2)16-24)39-34(42)25-7-5-23(37)18-28(25)35(39)43/h4-9,16-19,26-27,36,40H,3,10-15,20H2,1-2H3,(H,38,41)/t26-,27-,36-/m0/s1. The summed E-state index contributed by atoms with van der Waals surface area (Å²) in [5.74, 6) is -0.579. The van der Waals surface area contributed by atoms with Crippen LogP contribution in [0.15, 0.2) is 66.4 Å². The number of allylic oxidation sites excluding steroid dienone is 1. The van der Waals surface area contributed by atoms with E-state index in [1.165, 1.54) is 6.07 Å². The van der Waals surface area contributed by atoms with Crippen LogP contribution in [0, 0.1) is 12.8 Å². The lowest BCUT2D eigenvalue weighted by molar-refractivity contribution is -0.166. The first kappa shape index (κ1) is 34.4. The third-order valence-corrected chi connectivity index (χ3v) is 8.70. The molecule has 3 aliphatic rings. The Hall–Kier alpha value is -4.46. The second-order valence-electron chi connectivity index (χ2n) is 11.6.